The molecule has 1 aromatic carbocycles. The van der Waals surface area contributed by atoms with E-state index in [0.717, 1.165) is 35.8 Å². The van der Waals surface area contributed by atoms with Crippen LogP contribution in [0.3, 0.4) is 0 Å². The second kappa shape index (κ2) is 9.24. The Morgan fingerprint density at radius 1 is 1.03 bits per heavy atom. The number of aromatic nitrogens is 2. The quantitative estimate of drug-likeness (QED) is 0.412. The Kier molecular flexibility index (Phi) is 6.03. The third-order valence-electron chi connectivity index (χ3n) is 5.49. The SMILES string of the molecule is O=C(c1cc(-c2cccnc2)on1)N1CCN(Cc2ccc(-c3cccc(Cl)c3)s2)CC1. The largest absolute Gasteiger partial charge is 0.355 e. The number of hydrogen-bond donors (Lipinski definition) is 0. The molecule has 4 heterocycles. The number of pyridine rings is 1. The van der Waals surface area contributed by atoms with Gasteiger partial charge in [-0.25, -0.2) is 0 Å². The minimum Gasteiger partial charge on any atom is -0.355 e. The fourth-order valence-corrected chi connectivity index (χ4v) is 5.01. The van der Waals surface area contributed by atoms with Crippen molar-refractivity contribution in [3.05, 3.63) is 82.6 Å². The number of hydrogen-bond acceptors (Lipinski definition) is 6. The highest BCUT2D eigenvalue weighted by Gasteiger charge is 2.25. The standard InChI is InChI=1S/C24H21ClN4O2S/c25-19-5-1-3-17(13-19)23-7-6-20(32-23)16-28-9-11-29(12-10-28)24(30)21-14-22(31-27-21)18-4-2-8-26-15-18/h1-8,13-15H,9-12,16H2. The Bertz CT molecular complexity index is 1220. The van der Waals surface area contributed by atoms with Gasteiger partial charge in [0.15, 0.2) is 11.5 Å². The van der Waals surface area contributed by atoms with Crippen molar-refractivity contribution in [1.29, 1.82) is 0 Å². The summed E-state index contributed by atoms with van der Waals surface area (Å²) in [5.41, 5.74) is 2.28. The summed E-state index contributed by atoms with van der Waals surface area (Å²) >= 11 is 7.91. The maximum absolute atomic E-state index is 12.9. The number of benzene rings is 1. The molecule has 0 radical (unpaired) electrons. The summed E-state index contributed by atoms with van der Waals surface area (Å²) in [5, 5.41) is 4.72. The van der Waals surface area contributed by atoms with Gasteiger partial charge in [-0.05, 0) is 42.0 Å². The minimum absolute atomic E-state index is 0.0945. The van der Waals surface area contributed by atoms with Gasteiger partial charge >= 0.3 is 0 Å². The summed E-state index contributed by atoms with van der Waals surface area (Å²) < 4.78 is 5.35. The zero-order valence-electron chi connectivity index (χ0n) is 17.3. The molecule has 162 valence electrons. The zero-order chi connectivity index (χ0) is 21.9. The van der Waals surface area contributed by atoms with Crippen molar-refractivity contribution in [3.63, 3.8) is 0 Å². The molecule has 1 fully saturated rings. The van der Waals surface area contributed by atoms with Crippen LogP contribution in [-0.4, -0.2) is 52.0 Å². The second-order valence-corrected chi connectivity index (χ2v) is 9.27. The van der Waals surface area contributed by atoms with Gasteiger partial charge in [0.05, 0.1) is 0 Å². The van der Waals surface area contributed by atoms with Crippen molar-refractivity contribution in [2.24, 2.45) is 0 Å². The van der Waals surface area contributed by atoms with Crippen LogP contribution in [0.25, 0.3) is 21.8 Å². The predicted octanol–water partition coefficient (Wildman–Crippen LogP) is 5.08. The molecule has 4 aromatic rings. The van der Waals surface area contributed by atoms with Crippen LogP contribution in [0.4, 0.5) is 0 Å². The molecular formula is C24H21ClN4O2S. The van der Waals surface area contributed by atoms with E-state index in [1.165, 1.54) is 9.75 Å². The Labute approximate surface area is 195 Å². The minimum atomic E-state index is -0.0945. The molecule has 0 aliphatic carbocycles. The maximum Gasteiger partial charge on any atom is 0.276 e. The van der Waals surface area contributed by atoms with Gasteiger partial charge < -0.3 is 9.42 Å². The number of halogens is 1. The van der Waals surface area contributed by atoms with Crippen molar-refractivity contribution in [1.82, 2.24) is 19.9 Å². The highest BCUT2D eigenvalue weighted by molar-refractivity contribution is 7.15. The first kappa shape index (κ1) is 20.9. The van der Waals surface area contributed by atoms with Crippen LogP contribution in [-0.2, 0) is 6.54 Å². The molecule has 0 saturated carbocycles. The van der Waals surface area contributed by atoms with Gasteiger partial charge in [0.1, 0.15) is 0 Å². The first-order valence-electron chi connectivity index (χ1n) is 10.4. The van der Waals surface area contributed by atoms with E-state index in [2.05, 4.69) is 33.2 Å². The van der Waals surface area contributed by atoms with E-state index in [0.29, 0.717) is 24.5 Å². The van der Waals surface area contributed by atoms with E-state index in [4.69, 9.17) is 16.1 Å². The fourth-order valence-electron chi connectivity index (χ4n) is 3.77. The topological polar surface area (TPSA) is 62.5 Å². The number of rotatable bonds is 5. The average molecular weight is 465 g/mol. The molecular weight excluding hydrogens is 444 g/mol. The van der Waals surface area contributed by atoms with Gasteiger partial charge in [-0.3, -0.25) is 14.7 Å². The van der Waals surface area contributed by atoms with E-state index in [9.17, 15) is 4.79 Å². The molecule has 1 aliphatic heterocycles. The molecule has 3 aromatic heterocycles. The molecule has 5 rings (SSSR count). The third kappa shape index (κ3) is 4.60. The van der Waals surface area contributed by atoms with Gasteiger partial charge in [-0.1, -0.05) is 28.9 Å². The lowest BCUT2D eigenvalue weighted by Gasteiger charge is -2.34. The maximum atomic E-state index is 12.9. The van der Waals surface area contributed by atoms with E-state index in [-0.39, 0.29) is 5.91 Å². The molecule has 0 bridgehead atoms. The molecule has 0 atom stereocenters. The third-order valence-corrected chi connectivity index (χ3v) is 6.84. The summed E-state index contributed by atoms with van der Waals surface area (Å²) in [7, 11) is 0. The molecule has 1 saturated heterocycles. The van der Waals surface area contributed by atoms with Gasteiger partial charge in [0.25, 0.3) is 5.91 Å². The zero-order valence-corrected chi connectivity index (χ0v) is 18.9. The first-order chi connectivity index (χ1) is 15.7. The normalized spacial score (nSPS) is 14.6. The molecule has 1 amide bonds. The van der Waals surface area contributed by atoms with Crippen LogP contribution < -0.4 is 0 Å². The first-order valence-corrected chi connectivity index (χ1v) is 11.6. The molecule has 0 spiro atoms. The second-order valence-electron chi connectivity index (χ2n) is 7.66. The number of carbonyl (C=O) groups is 1. The molecule has 8 heteroatoms. The molecule has 1 aliphatic rings. The van der Waals surface area contributed by atoms with Crippen LogP contribution in [0, 0.1) is 0 Å². The Hall–Kier alpha value is -3.00. The van der Waals surface area contributed by atoms with Crippen LogP contribution in [0.2, 0.25) is 5.02 Å². The smallest absolute Gasteiger partial charge is 0.276 e. The van der Waals surface area contributed by atoms with Gasteiger partial charge in [-0.15, -0.1) is 11.3 Å². The summed E-state index contributed by atoms with van der Waals surface area (Å²) in [5.74, 6) is 0.455. The summed E-state index contributed by atoms with van der Waals surface area (Å²) in [6.07, 6.45) is 3.38. The summed E-state index contributed by atoms with van der Waals surface area (Å²) in [6, 6.07) is 17.6. The Morgan fingerprint density at radius 3 is 2.66 bits per heavy atom. The van der Waals surface area contributed by atoms with Crippen molar-refractivity contribution in [2.45, 2.75) is 6.54 Å². The highest BCUT2D eigenvalue weighted by Crippen LogP contribution is 2.30. The van der Waals surface area contributed by atoms with E-state index < -0.39 is 0 Å². The van der Waals surface area contributed by atoms with Crippen molar-refractivity contribution in [3.8, 4) is 21.8 Å². The van der Waals surface area contributed by atoms with Gasteiger partial charge in [-0.2, -0.15) is 0 Å². The number of carbonyl (C=O) groups excluding carboxylic acids is 1. The lowest BCUT2D eigenvalue weighted by Crippen LogP contribution is -2.48. The average Bonchev–Trinajstić information content (AvgIpc) is 3.50. The Balaban J connectivity index is 1.17. The number of amides is 1. The molecule has 0 N–H and O–H groups in total. The number of nitrogens with zero attached hydrogens (tertiary/aromatic N) is 4. The predicted molar refractivity (Wildman–Crippen MR) is 126 cm³/mol. The monoisotopic (exact) mass is 464 g/mol. The van der Waals surface area contributed by atoms with Crippen LogP contribution >= 0.6 is 22.9 Å². The highest BCUT2D eigenvalue weighted by atomic mass is 35.5. The van der Waals surface area contributed by atoms with Crippen molar-refractivity contribution >= 4 is 28.8 Å². The molecule has 0 unspecified atom stereocenters. The summed E-state index contributed by atoms with van der Waals surface area (Å²) in [4.78, 5) is 23.7. The van der Waals surface area contributed by atoms with Crippen molar-refractivity contribution < 1.29 is 9.32 Å². The number of piperazine rings is 1. The summed E-state index contributed by atoms with van der Waals surface area (Å²) in [6.45, 7) is 3.86. The lowest BCUT2D eigenvalue weighted by atomic mass is 10.2. The van der Waals surface area contributed by atoms with E-state index >= 15 is 0 Å². The van der Waals surface area contributed by atoms with E-state index in [1.807, 2.05) is 35.2 Å². The van der Waals surface area contributed by atoms with Crippen molar-refractivity contribution in [2.75, 3.05) is 26.2 Å². The fraction of sp³-hybridized carbons (Fsp3) is 0.208. The van der Waals surface area contributed by atoms with Gasteiger partial charge in [0.2, 0.25) is 0 Å². The van der Waals surface area contributed by atoms with Crippen LogP contribution in [0.5, 0.6) is 0 Å². The lowest BCUT2D eigenvalue weighted by molar-refractivity contribution is 0.0619. The molecule has 6 nitrogen and oxygen atoms in total. The number of thiophene rings is 1. The van der Waals surface area contributed by atoms with E-state index in [1.54, 1.807) is 29.8 Å². The van der Waals surface area contributed by atoms with Gasteiger partial charge in [0, 0.05) is 71.5 Å². The Morgan fingerprint density at radius 2 is 1.88 bits per heavy atom. The molecule has 32 heavy (non-hydrogen) atoms. The van der Waals surface area contributed by atoms with Crippen LogP contribution in [0.15, 0.2) is 71.5 Å². The van der Waals surface area contributed by atoms with Crippen LogP contribution in [0.1, 0.15) is 15.4 Å².